The van der Waals surface area contributed by atoms with Gasteiger partial charge in [0.25, 0.3) is 0 Å². The van der Waals surface area contributed by atoms with Crippen molar-refractivity contribution < 1.29 is 4.42 Å². The van der Waals surface area contributed by atoms with Crippen LogP contribution in [-0.2, 0) is 6.54 Å². The number of nitrogens with zero attached hydrogens (tertiary/aromatic N) is 1. The number of anilines is 1. The third-order valence-corrected chi connectivity index (χ3v) is 4.12. The normalized spacial score (nSPS) is 10.6. The van der Waals surface area contributed by atoms with Crippen molar-refractivity contribution in [3.63, 3.8) is 0 Å². The zero-order valence-corrected chi connectivity index (χ0v) is 12.9. The van der Waals surface area contributed by atoms with Gasteiger partial charge in [0.1, 0.15) is 10.9 Å². The van der Waals surface area contributed by atoms with Gasteiger partial charge < -0.3 is 9.73 Å². The Morgan fingerprint density at radius 3 is 2.76 bits per heavy atom. The molecule has 6 heteroatoms. The molecule has 0 spiro atoms. The Kier molecular flexibility index (Phi) is 4.12. The van der Waals surface area contributed by atoms with Crippen molar-refractivity contribution in [1.29, 1.82) is 0 Å². The molecule has 0 aromatic carbocycles. The summed E-state index contributed by atoms with van der Waals surface area (Å²) in [6.45, 7) is 2.50. The highest BCUT2D eigenvalue weighted by Gasteiger charge is 2.06. The quantitative estimate of drug-likeness (QED) is 0.779. The maximum Gasteiger partial charge on any atom is 0.183 e. The molecule has 0 aliphatic rings. The highest BCUT2D eigenvalue weighted by Crippen LogP contribution is 2.27. The molecule has 2 rings (SSSR count). The molecule has 2 heterocycles. The molecule has 1 N–H and O–H groups in total. The van der Waals surface area contributed by atoms with E-state index in [2.05, 4.69) is 42.2 Å². The number of halogens is 3. The fourth-order valence-electron chi connectivity index (χ4n) is 1.38. The Morgan fingerprint density at radius 1 is 1.41 bits per heavy atom. The van der Waals surface area contributed by atoms with Crippen molar-refractivity contribution >= 4 is 49.1 Å². The fourth-order valence-corrected chi connectivity index (χ4v) is 2.23. The molecular weight excluding hydrogens is 371 g/mol. The zero-order chi connectivity index (χ0) is 12.4. The van der Waals surface area contributed by atoms with Gasteiger partial charge in [0.15, 0.2) is 4.67 Å². The van der Waals surface area contributed by atoms with E-state index in [0.717, 1.165) is 21.6 Å². The van der Waals surface area contributed by atoms with Crippen LogP contribution in [0.15, 0.2) is 31.8 Å². The molecule has 0 aliphatic heterocycles. The first kappa shape index (κ1) is 12.9. The van der Waals surface area contributed by atoms with Crippen molar-refractivity contribution in [2.24, 2.45) is 0 Å². The van der Waals surface area contributed by atoms with E-state index in [1.54, 1.807) is 6.07 Å². The second kappa shape index (κ2) is 5.42. The van der Waals surface area contributed by atoms with Crippen LogP contribution in [0.2, 0.25) is 5.15 Å². The van der Waals surface area contributed by atoms with E-state index < -0.39 is 0 Å². The number of rotatable bonds is 3. The summed E-state index contributed by atoms with van der Waals surface area (Å²) in [5, 5.41) is 3.74. The summed E-state index contributed by atoms with van der Waals surface area (Å²) in [5.41, 5.74) is 1.81. The van der Waals surface area contributed by atoms with Crippen molar-refractivity contribution in [3.05, 3.63) is 43.9 Å². The van der Waals surface area contributed by atoms with Gasteiger partial charge in [-0.3, -0.25) is 0 Å². The predicted octanol–water partition coefficient (Wildman–Crippen LogP) is 4.77. The van der Waals surface area contributed by atoms with Gasteiger partial charge in [-0.05, 0) is 57.0 Å². The van der Waals surface area contributed by atoms with Crippen LogP contribution in [0.3, 0.4) is 0 Å². The molecule has 0 saturated carbocycles. The molecular formula is C11H9Br2ClN2O. The van der Waals surface area contributed by atoms with Crippen molar-refractivity contribution in [1.82, 2.24) is 4.98 Å². The largest absolute Gasteiger partial charge is 0.451 e. The molecule has 0 bridgehead atoms. The molecule has 0 unspecified atom stereocenters. The Morgan fingerprint density at radius 2 is 2.18 bits per heavy atom. The Bertz CT molecular complexity index is 523. The third-order valence-electron chi connectivity index (χ3n) is 2.20. The van der Waals surface area contributed by atoms with Crippen LogP contribution in [-0.4, -0.2) is 4.98 Å². The van der Waals surface area contributed by atoms with Crippen LogP contribution < -0.4 is 5.32 Å². The summed E-state index contributed by atoms with van der Waals surface area (Å²) in [5.74, 6) is 0.832. The smallest absolute Gasteiger partial charge is 0.183 e. The molecule has 0 radical (unpaired) electrons. The first-order valence-corrected chi connectivity index (χ1v) is 6.83. The molecule has 0 amide bonds. The number of aryl methyl sites for hydroxylation is 1. The molecule has 3 nitrogen and oxygen atoms in total. The van der Waals surface area contributed by atoms with Gasteiger partial charge in [-0.15, -0.1) is 0 Å². The van der Waals surface area contributed by atoms with Gasteiger partial charge in [0.05, 0.1) is 22.4 Å². The van der Waals surface area contributed by atoms with E-state index in [1.165, 1.54) is 0 Å². The van der Waals surface area contributed by atoms with Gasteiger partial charge in [-0.1, -0.05) is 11.6 Å². The summed E-state index contributed by atoms with van der Waals surface area (Å²) in [6, 6.07) is 5.57. The lowest BCUT2D eigenvalue weighted by molar-refractivity contribution is 0.494. The number of hydrogen-bond acceptors (Lipinski definition) is 3. The van der Waals surface area contributed by atoms with Gasteiger partial charge in [-0.25, -0.2) is 4.98 Å². The summed E-state index contributed by atoms with van der Waals surface area (Å²) in [4.78, 5) is 4.16. The highest BCUT2D eigenvalue weighted by atomic mass is 79.9. The number of nitrogens with one attached hydrogen (secondary N) is 1. The summed E-state index contributed by atoms with van der Waals surface area (Å²) in [7, 11) is 0. The summed E-state index contributed by atoms with van der Waals surface area (Å²) >= 11 is 12.5. The summed E-state index contributed by atoms with van der Waals surface area (Å²) in [6.07, 6.45) is 0. The highest BCUT2D eigenvalue weighted by molar-refractivity contribution is 9.13. The standard InChI is InChI=1S/C11H9Br2ClN2O/c1-6-9(2-3-10(14)16-6)15-5-7-4-8(12)11(13)17-7/h2-4,15H,5H2,1H3. The van der Waals surface area contributed by atoms with Gasteiger partial charge in [-0.2, -0.15) is 0 Å². The van der Waals surface area contributed by atoms with Crippen molar-refractivity contribution in [2.45, 2.75) is 13.5 Å². The first-order valence-electron chi connectivity index (χ1n) is 4.87. The van der Waals surface area contributed by atoms with Crippen LogP contribution in [0.25, 0.3) is 0 Å². The molecule has 0 atom stereocenters. The lowest BCUT2D eigenvalue weighted by atomic mass is 10.3. The van der Waals surface area contributed by atoms with E-state index >= 15 is 0 Å². The first-order chi connectivity index (χ1) is 8.06. The maximum atomic E-state index is 5.79. The molecule has 0 aliphatic carbocycles. The summed E-state index contributed by atoms with van der Waals surface area (Å²) < 4.78 is 7.06. The molecule has 2 aromatic heterocycles. The monoisotopic (exact) mass is 378 g/mol. The van der Waals surface area contributed by atoms with Gasteiger partial charge in [0, 0.05) is 0 Å². The second-order valence-electron chi connectivity index (χ2n) is 3.45. The Labute approximate surface area is 121 Å². The van der Waals surface area contributed by atoms with Crippen LogP contribution in [0.4, 0.5) is 5.69 Å². The van der Waals surface area contributed by atoms with Gasteiger partial charge >= 0.3 is 0 Å². The second-order valence-corrected chi connectivity index (χ2v) is 5.42. The lowest BCUT2D eigenvalue weighted by Crippen LogP contribution is -2.01. The molecule has 0 saturated heterocycles. The SMILES string of the molecule is Cc1nc(Cl)ccc1NCc1cc(Br)c(Br)o1. The van der Waals surface area contributed by atoms with Crippen molar-refractivity contribution in [3.8, 4) is 0 Å². The number of hydrogen-bond donors (Lipinski definition) is 1. The van der Waals surface area contributed by atoms with Crippen LogP contribution in [0.5, 0.6) is 0 Å². The van der Waals surface area contributed by atoms with Gasteiger partial charge in [0.2, 0.25) is 0 Å². The minimum atomic E-state index is 0.497. The maximum absolute atomic E-state index is 5.79. The van der Waals surface area contributed by atoms with E-state index in [4.69, 9.17) is 16.0 Å². The molecule has 17 heavy (non-hydrogen) atoms. The fraction of sp³-hybridized carbons (Fsp3) is 0.182. The predicted molar refractivity (Wildman–Crippen MR) is 75.4 cm³/mol. The molecule has 90 valence electrons. The Hall–Kier alpha value is -0.520. The van der Waals surface area contributed by atoms with Crippen molar-refractivity contribution in [2.75, 3.05) is 5.32 Å². The van der Waals surface area contributed by atoms with Crippen LogP contribution >= 0.6 is 43.5 Å². The zero-order valence-electron chi connectivity index (χ0n) is 8.93. The average Bonchev–Trinajstić information content (AvgIpc) is 2.57. The van der Waals surface area contributed by atoms with Crippen LogP contribution in [0, 0.1) is 6.92 Å². The average molecular weight is 380 g/mol. The number of pyridine rings is 1. The Balaban J connectivity index is 2.07. The topological polar surface area (TPSA) is 38.1 Å². The minimum absolute atomic E-state index is 0.497. The number of furan rings is 1. The third kappa shape index (κ3) is 3.24. The van der Waals surface area contributed by atoms with Crippen LogP contribution in [0.1, 0.15) is 11.5 Å². The van der Waals surface area contributed by atoms with E-state index in [0.29, 0.717) is 16.4 Å². The molecule has 2 aromatic rings. The van der Waals surface area contributed by atoms with E-state index in [-0.39, 0.29) is 0 Å². The lowest BCUT2D eigenvalue weighted by Gasteiger charge is -2.07. The number of aromatic nitrogens is 1. The molecule has 0 fully saturated rings. The minimum Gasteiger partial charge on any atom is -0.451 e. The van der Waals surface area contributed by atoms with E-state index in [1.807, 2.05) is 19.1 Å². The van der Waals surface area contributed by atoms with E-state index in [9.17, 15) is 0 Å².